The summed E-state index contributed by atoms with van der Waals surface area (Å²) in [5, 5.41) is 21.1. The van der Waals surface area contributed by atoms with E-state index >= 15 is 0 Å². The monoisotopic (exact) mass is 603 g/mol. The molecular weight excluding hydrogens is 561 g/mol. The molecule has 1 aliphatic rings. The van der Waals surface area contributed by atoms with Gasteiger partial charge in [0.2, 0.25) is 11.8 Å². The fraction of sp³-hybridized carbons (Fsp3) is 0.382. The number of carbonyl (C=O) groups is 3. The molecule has 10 heteroatoms. The third-order valence-corrected chi connectivity index (χ3v) is 7.79. The number of fused-ring (bicyclic) bond motifs is 1. The summed E-state index contributed by atoms with van der Waals surface area (Å²) in [6, 6.07) is 18.5. The van der Waals surface area contributed by atoms with Crippen molar-refractivity contribution in [3.05, 3.63) is 83.7 Å². The lowest BCUT2D eigenvalue weighted by Crippen LogP contribution is -2.51. The largest absolute Gasteiger partial charge is 0.392 e. The van der Waals surface area contributed by atoms with E-state index in [1.165, 1.54) is 12.1 Å². The van der Waals surface area contributed by atoms with Crippen LogP contribution in [0.2, 0.25) is 0 Å². The smallest absolute Gasteiger partial charge is 0.318 e. The Morgan fingerprint density at radius 3 is 2.48 bits per heavy atom. The van der Waals surface area contributed by atoms with E-state index in [0.717, 1.165) is 16.7 Å². The Labute approximate surface area is 258 Å². The Morgan fingerprint density at radius 2 is 1.80 bits per heavy atom. The number of β-amino-alcohol motifs (C(OH)–C–C–N with tert-alkyl or cyclic N) is 1. The van der Waals surface area contributed by atoms with Gasteiger partial charge in [0.1, 0.15) is 11.9 Å². The molecule has 4 rings (SSSR count). The van der Waals surface area contributed by atoms with Gasteiger partial charge in [0.15, 0.2) is 0 Å². The minimum atomic E-state index is -0.803. The van der Waals surface area contributed by atoms with E-state index in [2.05, 4.69) is 21.3 Å². The molecule has 0 saturated carbocycles. The Balaban J connectivity index is 1.58. The van der Waals surface area contributed by atoms with Gasteiger partial charge in [-0.1, -0.05) is 49.4 Å². The van der Waals surface area contributed by atoms with Gasteiger partial charge < -0.3 is 31.3 Å². The number of aliphatic hydroxyl groups is 1. The van der Waals surface area contributed by atoms with Gasteiger partial charge in [-0.3, -0.25) is 9.59 Å². The zero-order valence-corrected chi connectivity index (χ0v) is 25.9. The molecule has 0 spiro atoms. The molecule has 0 saturated heterocycles. The number of para-hydroxylation sites is 1. The highest BCUT2D eigenvalue weighted by Gasteiger charge is 2.35. The van der Waals surface area contributed by atoms with Crippen LogP contribution in [0.4, 0.5) is 20.6 Å². The molecule has 0 bridgehead atoms. The molecule has 1 aliphatic heterocycles. The highest BCUT2D eigenvalue weighted by Crippen LogP contribution is 2.37. The fourth-order valence-corrected chi connectivity index (χ4v) is 5.47. The number of rotatable bonds is 10. The molecule has 3 atom stereocenters. The molecule has 3 aromatic rings. The van der Waals surface area contributed by atoms with Gasteiger partial charge in [0.05, 0.1) is 18.3 Å². The summed E-state index contributed by atoms with van der Waals surface area (Å²) in [7, 11) is 1.55. The first-order chi connectivity index (χ1) is 20.9. The van der Waals surface area contributed by atoms with E-state index in [9.17, 15) is 23.9 Å². The van der Waals surface area contributed by atoms with Crippen LogP contribution in [0.3, 0.4) is 0 Å². The topological polar surface area (TPSA) is 123 Å². The summed E-state index contributed by atoms with van der Waals surface area (Å²) in [5.41, 5.74) is 3.96. The Hall–Kier alpha value is -4.28. The highest BCUT2D eigenvalue weighted by molar-refractivity contribution is 6.01. The molecule has 4 amide bonds. The molecule has 0 fully saturated rings. The zero-order chi connectivity index (χ0) is 32.0. The van der Waals surface area contributed by atoms with Gasteiger partial charge in [-0.15, -0.1) is 0 Å². The molecule has 9 nitrogen and oxygen atoms in total. The average molecular weight is 604 g/mol. The normalized spacial score (nSPS) is 17.3. The van der Waals surface area contributed by atoms with Crippen molar-refractivity contribution in [2.45, 2.75) is 70.7 Å². The number of hydrogen-bond donors (Lipinski definition) is 5. The average Bonchev–Trinajstić information content (AvgIpc) is 3.06. The zero-order valence-electron chi connectivity index (χ0n) is 25.9. The lowest BCUT2D eigenvalue weighted by molar-refractivity contribution is -0.128. The minimum Gasteiger partial charge on any atom is -0.392 e. The minimum absolute atomic E-state index is 0.108. The molecule has 44 heavy (non-hydrogen) atoms. The first-order valence-corrected chi connectivity index (χ1v) is 14.9. The molecule has 0 aliphatic carbocycles. The predicted molar refractivity (Wildman–Crippen MR) is 171 cm³/mol. The molecule has 3 aromatic carbocycles. The van der Waals surface area contributed by atoms with Gasteiger partial charge in [-0.25, -0.2) is 9.18 Å². The SMILES string of the molecule is CNC(=O)Nc1ccccc1-c1ccc(CN2C(=O)C(NC(=O)CC(C)(C)NCC(C)O)CC(C)c3cc(F)ccc32)cc1. The van der Waals surface area contributed by atoms with Crippen molar-refractivity contribution >= 4 is 29.2 Å². The van der Waals surface area contributed by atoms with Crippen LogP contribution in [-0.4, -0.2) is 54.2 Å². The summed E-state index contributed by atoms with van der Waals surface area (Å²) in [6.45, 7) is 7.89. The van der Waals surface area contributed by atoms with E-state index in [1.54, 1.807) is 24.9 Å². The maximum atomic E-state index is 14.4. The van der Waals surface area contributed by atoms with Crippen LogP contribution in [0.5, 0.6) is 0 Å². The number of anilines is 2. The van der Waals surface area contributed by atoms with Crippen molar-refractivity contribution < 1.29 is 23.9 Å². The van der Waals surface area contributed by atoms with Crippen LogP contribution in [0.15, 0.2) is 66.7 Å². The quantitative estimate of drug-likeness (QED) is 0.226. The summed E-state index contributed by atoms with van der Waals surface area (Å²) in [4.78, 5) is 40.7. The van der Waals surface area contributed by atoms with E-state index in [-0.39, 0.29) is 42.5 Å². The molecule has 234 valence electrons. The van der Waals surface area contributed by atoms with E-state index < -0.39 is 17.7 Å². The van der Waals surface area contributed by atoms with Crippen molar-refractivity contribution in [1.82, 2.24) is 16.0 Å². The predicted octanol–water partition coefficient (Wildman–Crippen LogP) is 4.91. The molecule has 1 heterocycles. The summed E-state index contributed by atoms with van der Waals surface area (Å²) in [6.07, 6.45) is -0.123. The van der Waals surface area contributed by atoms with Crippen molar-refractivity contribution in [3.63, 3.8) is 0 Å². The van der Waals surface area contributed by atoms with E-state index in [0.29, 0.717) is 29.9 Å². The van der Waals surface area contributed by atoms with Gasteiger partial charge in [-0.2, -0.15) is 0 Å². The van der Waals surface area contributed by atoms with Crippen molar-refractivity contribution in [3.8, 4) is 11.1 Å². The highest BCUT2D eigenvalue weighted by atomic mass is 19.1. The van der Waals surface area contributed by atoms with E-state index in [1.807, 2.05) is 69.3 Å². The first-order valence-electron chi connectivity index (χ1n) is 14.9. The Kier molecular flexibility index (Phi) is 10.4. The molecular formula is C34H42FN5O4. The van der Waals surface area contributed by atoms with Gasteiger partial charge >= 0.3 is 6.03 Å². The van der Waals surface area contributed by atoms with Crippen LogP contribution >= 0.6 is 0 Å². The molecule has 5 N–H and O–H groups in total. The molecule has 0 radical (unpaired) electrons. The second-order valence-electron chi connectivity index (χ2n) is 12.1. The summed E-state index contributed by atoms with van der Waals surface area (Å²) in [5.74, 6) is -1.13. The lowest BCUT2D eigenvalue weighted by atomic mass is 9.93. The van der Waals surface area contributed by atoms with Crippen LogP contribution in [0, 0.1) is 5.82 Å². The third kappa shape index (κ3) is 8.21. The summed E-state index contributed by atoms with van der Waals surface area (Å²) < 4.78 is 14.4. The maximum absolute atomic E-state index is 14.4. The number of nitrogens with zero attached hydrogens (tertiary/aromatic N) is 1. The second-order valence-corrected chi connectivity index (χ2v) is 12.1. The van der Waals surface area contributed by atoms with Crippen molar-refractivity contribution in [1.29, 1.82) is 0 Å². The van der Waals surface area contributed by atoms with Crippen LogP contribution in [-0.2, 0) is 16.1 Å². The number of carbonyl (C=O) groups excluding carboxylic acids is 3. The van der Waals surface area contributed by atoms with Gasteiger partial charge in [0, 0.05) is 36.8 Å². The van der Waals surface area contributed by atoms with Crippen molar-refractivity contribution in [2.24, 2.45) is 0 Å². The fourth-order valence-electron chi connectivity index (χ4n) is 5.47. The van der Waals surface area contributed by atoms with Crippen molar-refractivity contribution in [2.75, 3.05) is 23.8 Å². The Morgan fingerprint density at radius 1 is 1.09 bits per heavy atom. The number of aliphatic hydroxyl groups excluding tert-OH is 1. The van der Waals surface area contributed by atoms with Gasteiger partial charge in [0.25, 0.3) is 0 Å². The maximum Gasteiger partial charge on any atom is 0.318 e. The number of hydrogen-bond acceptors (Lipinski definition) is 5. The number of benzene rings is 3. The standard InChI is InChI=1S/C34H42FN5O4/c1-21-16-29(38-31(42)18-34(3,4)37-19-22(2)41)32(43)40(30-15-14-25(35)17-27(21)30)20-23-10-12-24(13-11-23)26-8-6-7-9-28(26)39-33(44)36-5/h6-15,17,21-22,29,37,41H,16,18-20H2,1-5H3,(H,38,42)(H2,36,39,44). The number of halogens is 1. The molecule has 3 unspecified atom stereocenters. The number of urea groups is 1. The van der Waals surface area contributed by atoms with Gasteiger partial charge in [-0.05, 0) is 74.1 Å². The number of amides is 4. The molecule has 0 aromatic heterocycles. The second kappa shape index (κ2) is 14.0. The lowest BCUT2D eigenvalue weighted by Gasteiger charge is -2.29. The van der Waals surface area contributed by atoms with Crippen LogP contribution in [0.25, 0.3) is 11.1 Å². The van der Waals surface area contributed by atoms with Crippen LogP contribution < -0.4 is 26.2 Å². The van der Waals surface area contributed by atoms with E-state index in [4.69, 9.17) is 0 Å². The summed E-state index contributed by atoms with van der Waals surface area (Å²) >= 11 is 0. The first kappa shape index (κ1) is 32.6. The third-order valence-electron chi connectivity index (χ3n) is 7.79. The number of nitrogens with one attached hydrogen (secondary N) is 4. The van der Waals surface area contributed by atoms with Crippen LogP contribution in [0.1, 0.15) is 57.6 Å². The Bertz CT molecular complexity index is 1490.